The number of unbranched alkanes of at least 4 members (excludes halogenated alkanes) is 5. The summed E-state index contributed by atoms with van der Waals surface area (Å²) in [5.74, 6) is 0. The zero-order chi connectivity index (χ0) is 11.4. The van der Waals surface area contributed by atoms with Gasteiger partial charge in [0.2, 0.25) is 0 Å². The van der Waals surface area contributed by atoms with Crippen molar-refractivity contribution in [2.24, 2.45) is 0 Å². The third-order valence-electron chi connectivity index (χ3n) is 2.94. The molecule has 0 aromatic rings. The Hall–Kier alpha value is -0.260. The highest BCUT2D eigenvalue weighted by atomic mass is 14.0. The Morgan fingerprint density at radius 1 is 0.733 bits per heavy atom. The van der Waals surface area contributed by atoms with Crippen LogP contribution in [0.4, 0.5) is 0 Å². The average Bonchev–Trinajstić information content (AvgIpc) is 2.25. The molecule has 0 aromatic heterocycles. The van der Waals surface area contributed by atoms with Gasteiger partial charge < -0.3 is 0 Å². The maximum absolute atomic E-state index is 2.52. The van der Waals surface area contributed by atoms with E-state index in [1.807, 2.05) is 0 Å². The van der Waals surface area contributed by atoms with Crippen molar-refractivity contribution in [1.29, 1.82) is 0 Å². The predicted octanol–water partition coefficient (Wildman–Crippen LogP) is 5.87. The van der Waals surface area contributed by atoms with E-state index in [2.05, 4.69) is 26.8 Å². The van der Waals surface area contributed by atoms with E-state index in [1.165, 1.54) is 64.2 Å². The highest BCUT2D eigenvalue weighted by molar-refractivity contribution is 5.01. The first-order chi connectivity index (χ1) is 7.35. The Morgan fingerprint density at radius 3 is 1.93 bits per heavy atom. The van der Waals surface area contributed by atoms with Gasteiger partial charge in [0.15, 0.2) is 0 Å². The fourth-order valence-electron chi connectivity index (χ4n) is 1.85. The van der Waals surface area contributed by atoms with Crippen molar-refractivity contribution >= 4 is 0 Å². The minimum Gasteiger partial charge on any atom is -0.0853 e. The summed E-state index contributed by atoms with van der Waals surface area (Å²) in [5.41, 5.74) is 1.73. The molecule has 0 bridgehead atoms. The first-order valence-electron chi connectivity index (χ1n) is 7.03. The molecular formula is C15H30. The van der Waals surface area contributed by atoms with Crippen LogP contribution >= 0.6 is 0 Å². The third-order valence-corrected chi connectivity index (χ3v) is 2.94. The predicted molar refractivity (Wildman–Crippen MR) is 71.3 cm³/mol. The van der Waals surface area contributed by atoms with Crippen LogP contribution in [0.3, 0.4) is 0 Å². The minimum absolute atomic E-state index is 1.31. The first kappa shape index (κ1) is 14.7. The topological polar surface area (TPSA) is 0 Å². The molecule has 0 heteroatoms. The molecule has 0 radical (unpaired) electrons. The zero-order valence-corrected chi connectivity index (χ0v) is 11.1. The summed E-state index contributed by atoms with van der Waals surface area (Å²) < 4.78 is 0. The summed E-state index contributed by atoms with van der Waals surface area (Å²) in [7, 11) is 0. The quantitative estimate of drug-likeness (QED) is 0.312. The molecule has 0 unspecified atom stereocenters. The lowest BCUT2D eigenvalue weighted by Crippen LogP contribution is -1.86. The normalized spacial score (nSPS) is 12.1. The van der Waals surface area contributed by atoms with Crippen molar-refractivity contribution in [3.63, 3.8) is 0 Å². The van der Waals surface area contributed by atoms with E-state index in [-0.39, 0.29) is 0 Å². The Bertz CT molecular complexity index is 144. The van der Waals surface area contributed by atoms with Crippen LogP contribution in [0.15, 0.2) is 11.6 Å². The molecule has 0 aliphatic carbocycles. The molecule has 90 valence electrons. The van der Waals surface area contributed by atoms with Gasteiger partial charge in [-0.3, -0.25) is 0 Å². The molecule has 0 nitrogen and oxygen atoms in total. The van der Waals surface area contributed by atoms with Crippen LogP contribution in [0, 0.1) is 0 Å². The second kappa shape index (κ2) is 11.8. The summed E-state index contributed by atoms with van der Waals surface area (Å²) in [5, 5.41) is 0. The number of hydrogen-bond donors (Lipinski definition) is 0. The molecule has 0 aliphatic rings. The lowest BCUT2D eigenvalue weighted by Gasteiger charge is -2.06. The van der Waals surface area contributed by atoms with Gasteiger partial charge in [0.25, 0.3) is 0 Å². The van der Waals surface area contributed by atoms with E-state index in [4.69, 9.17) is 0 Å². The van der Waals surface area contributed by atoms with Crippen molar-refractivity contribution in [3.8, 4) is 0 Å². The van der Waals surface area contributed by atoms with Crippen LogP contribution in [0.5, 0.6) is 0 Å². The molecule has 0 saturated carbocycles. The molecular weight excluding hydrogens is 180 g/mol. The SMILES string of the molecule is CCCCC=C(CCCC)CCCCC. The summed E-state index contributed by atoms with van der Waals surface area (Å²) in [6, 6.07) is 0. The second-order valence-electron chi connectivity index (χ2n) is 4.57. The Morgan fingerprint density at radius 2 is 1.33 bits per heavy atom. The van der Waals surface area contributed by atoms with E-state index < -0.39 is 0 Å². The molecule has 0 atom stereocenters. The maximum Gasteiger partial charge on any atom is -0.0320 e. The number of hydrogen-bond acceptors (Lipinski definition) is 0. The molecule has 0 aliphatic heterocycles. The van der Waals surface area contributed by atoms with E-state index >= 15 is 0 Å². The smallest absolute Gasteiger partial charge is 0.0320 e. The Balaban J connectivity index is 3.76. The van der Waals surface area contributed by atoms with Gasteiger partial charge in [-0.05, 0) is 32.1 Å². The van der Waals surface area contributed by atoms with E-state index in [0.717, 1.165) is 0 Å². The Kier molecular flexibility index (Phi) is 11.6. The molecule has 15 heavy (non-hydrogen) atoms. The van der Waals surface area contributed by atoms with Crippen molar-refractivity contribution in [1.82, 2.24) is 0 Å². The third kappa shape index (κ3) is 10.0. The van der Waals surface area contributed by atoms with Gasteiger partial charge in [-0.25, -0.2) is 0 Å². The molecule has 0 heterocycles. The fourth-order valence-corrected chi connectivity index (χ4v) is 1.85. The monoisotopic (exact) mass is 210 g/mol. The molecule has 0 amide bonds. The standard InChI is InChI=1S/C15H30/c1-4-7-10-13-15(12-9-6-3)14-11-8-5-2/h13H,4-12,14H2,1-3H3. The van der Waals surface area contributed by atoms with Gasteiger partial charge in [-0.2, -0.15) is 0 Å². The van der Waals surface area contributed by atoms with Crippen LogP contribution in [0.25, 0.3) is 0 Å². The highest BCUT2D eigenvalue weighted by Crippen LogP contribution is 2.17. The molecule has 0 saturated heterocycles. The molecule has 0 fully saturated rings. The fraction of sp³-hybridized carbons (Fsp3) is 0.867. The van der Waals surface area contributed by atoms with Crippen molar-refractivity contribution in [2.45, 2.75) is 85.0 Å². The van der Waals surface area contributed by atoms with Gasteiger partial charge >= 0.3 is 0 Å². The van der Waals surface area contributed by atoms with Crippen molar-refractivity contribution < 1.29 is 0 Å². The van der Waals surface area contributed by atoms with Gasteiger partial charge in [0, 0.05) is 0 Å². The highest BCUT2D eigenvalue weighted by Gasteiger charge is 1.97. The summed E-state index contributed by atoms with van der Waals surface area (Å²) in [6.07, 6.45) is 16.1. The van der Waals surface area contributed by atoms with Gasteiger partial charge in [0.1, 0.15) is 0 Å². The van der Waals surface area contributed by atoms with Crippen LogP contribution < -0.4 is 0 Å². The maximum atomic E-state index is 2.52. The van der Waals surface area contributed by atoms with Crippen LogP contribution in [-0.2, 0) is 0 Å². The lowest BCUT2D eigenvalue weighted by atomic mass is 10.0. The van der Waals surface area contributed by atoms with Crippen molar-refractivity contribution in [2.75, 3.05) is 0 Å². The first-order valence-corrected chi connectivity index (χ1v) is 7.03. The number of rotatable bonds is 10. The van der Waals surface area contributed by atoms with Crippen LogP contribution in [0.1, 0.15) is 85.0 Å². The van der Waals surface area contributed by atoms with Crippen molar-refractivity contribution in [3.05, 3.63) is 11.6 Å². The zero-order valence-electron chi connectivity index (χ0n) is 11.1. The van der Waals surface area contributed by atoms with Gasteiger partial charge in [0.05, 0.1) is 0 Å². The van der Waals surface area contributed by atoms with E-state index in [0.29, 0.717) is 0 Å². The van der Waals surface area contributed by atoms with E-state index in [9.17, 15) is 0 Å². The van der Waals surface area contributed by atoms with Gasteiger partial charge in [-0.15, -0.1) is 0 Å². The Labute approximate surface area is 97.2 Å². The minimum atomic E-state index is 1.31. The number of allylic oxidation sites excluding steroid dienone is 2. The van der Waals surface area contributed by atoms with Gasteiger partial charge in [-0.1, -0.05) is 64.5 Å². The van der Waals surface area contributed by atoms with Crippen LogP contribution in [0.2, 0.25) is 0 Å². The summed E-state index contributed by atoms with van der Waals surface area (Å²) >= 11 is 0. The van der Waals surface area contributed by atoms with Crippen LogP contribution in [-0.4, -0.2) is 0 Å². The summed E-state index contributed by atoms with van der Waals surface area (Å²) in [6.45, 7) is 6.85. The molecule has 0 aromatic carbocycles. The second-order valence-corrected chi connectivity index (χ2v) is 4.57. The summed E-state index contributed by atoms with van der Waals surface area (Å²) in [4.78, 5) is 0. The lowest BCUT2D eigenvalue weighted by molar-refractivity contribution is 0.671. The average molecular weight is 210 g/mol. The van der Waals surface area contributed by atoms with E-state index in [1.54, 1.807) is 5.57 Å². The molecule has 0 rings (SSSR count). The molecule has 0 spiro atoms. The molecule has 0 N–H and O–H groups in total. The largest absolute Gasteiger partial charge is 0.0853 e.